The summed E-state index contributed by atoms with van der Waals surface area (Å²) in [4.78, 5) is 19.0. The first-order valence-corrected chi connectivity index (χ1v) is 9.78. The maximum absolute atomic E-state index is 12.3. The SMILES string of the molecule is CCc1nccn1CCC(=O)NC1CCCN(Cc2ccc(Cl)cc2)C1. The van der Waals surface area contributed by atoms with Gasteiger partial charge >= 0.3 is 0 Å². The van der Waals surface area contributed by atoms with Crippen LogP contribution in [0.5, 0.6) is 0 Å². The van der Waals surface area contributed by atoms with Gasteiger partial charge in [-0.2, -0.15) is 0 Å². The third-order valence-electron chi connectivity index (χ3n) is 4.89. The number of aryl methyl sites for hydroxylation is 2. The number of halogens is 1. The average molecular weight is 375 g/mol. The molecule has 0 aliphatic carbocycles. The van der Waals surface area contributed by atoms with Crippen LogP contribution in [0, 0.1) is 0 Å². The molecule has 0 spiro atoms. The highest BCUT2D eigenvalue weighted by Gasteiger charge is 2.21. The van der Waals surface area contributed by atoms with Gasteiger partial charge in [0.25, 0.3) is 0 Å². The summed E-state index contributed by atoms with van der Waals surface area (Å²) in [6.45, 7) is 5.65. The maximum atomic E-state index is 12.3. The lowest BCUT2D eigenvalue weighted by Gasteiger charge is -2.33. The molecule has 6 heteroatoms. The van der Waals surface area contributed by atoms with Crippen LogP contribution in [0.15, 0.2) is 36.7 Å². The second kappa shape index (κ2) is 9.19. The predicted octanol–water partition coefficient (Wildman–Crippen LogP) is 3.27. The second-order valence-electron chi connectivity index (χ2n) is 6.91. The van der Waals surface area contributed by atoms with E-state index in [1.807, 2.05) is 18.3 Å². The molecule has 1 aromatic carbocycles. The van der Waals surface area contributed by atoms with Crippen molar-refractivity contribution in [2.45, 2.75) is 51.7 Å². The van der Waals surface area contributed by atoms with E-state index in [9.17, 15) is 4.79 Å². The smallest absolute Gasteiger partial charge is 0.222 e. The molecule has 1 aliphatic heterocycles. The molecule has 2 heterocycles. The number of nitrogens with zero attached hydrogens (tertiary/aromatic N) is 3. The standard InChI is InChI=1S/C20H27ClN4O/c1-2-19-22-10-13-25(19)12-9-20(26)23-18-4-3-11-24(15-18)14-16-5-7-17(21)8-6-16/h5-8,10,13,18H,2-4,9,11-12,14-15H2,1H3,(H,23,26). The van der Waals surface area contributed by atoms with Gasteiger partial charge in [-0.05, 0) is 37.1 Å². The highest BCUT2D eigenvalue weighted by Crippen LogP contribution is 2.16. The molecule has 5 nitrogen and oxygen atoms in total. The molecule has 0 bridgehead atoms. The largest absolute Gasteiger partial charge is 0.352 e. The molecular weight excluding hydrogens is 348 g/mol. The molecule has 1 aliphatic rings. The molecule has 1 fully saturated rings. The van der Waals surface area contributed by atoms with E-state index in [4.69, 9.17) is 11.6 Å². The first-order valence-electron chi connectivity index (χ1n) is 9.40. The topological polar surface area (TPSA) is 50.2 Å². The quantitative estimate of drug-likeness (QED) is 0.809. The van der Waals surface area contributed by atoms with Gasteiger partial charge in [0.15, 0.2) is 0 Å². The van der Waals surface area contributed by atoms with Crippen molar-refractivity contribution in [1.29, 1.82) is 0 Å². The Kier molecular flexibility index (Phi) is 6.69. The molecular formula is C20H27ClN4O. The van der Waals surface area contributed by atoms with E-state index < -0.39 is 0 Å². The van der Waals surface area contributed by atoms with Crippen molar-refractivity contribution in [1.82, 2.24) is 19.8 Å². The number of aromatic nitrogens is 2. The number of nitrogens with one attached hydrogen (secondary N) is 1. The lowest BCUT2D eigenvalue weighted by Crippen LogP contribution is -2.47. The van der Waals surface area contributed by atoms with Crippen molar-refractivity contribution in [3.63, 3.8) is 0 Å². The summed E-state index contributed by atoms with van der Waals surface area (Å²) in [6, 6.07) is 8.24. The van der Waals surface area contributed by atoms with Crippen molar-refractivity contribution in [2.24, 2.45) is 0 Å². The highest BCUT2D eigenvalue weighted by atomic mass is 35.5. The van der Waals surface area contributed by atoms with Gasteiger partial charge in [-0.25, -0.2) is 4.98 Å². The van der Waals surface area contributed by atoms with E-state index in [2.05, 4.69) is 38.8 Å². The molecule has 1 unspecified atom stereocenters. The first-order chi connectivity index (χ1) is 12.6. The fourth-order valence-electron chi connectivity index (χ4n) is 3.54. The number of hydrogen-bond donors (Lipinski definition) is 1. The number of carbonyl (C=O) groups excluding carboxylic acids is 1. The first kappa shape index (κ1) is 18.9. The minimum atomic E-state index is 0.124. The Morgan fingerprint density at radius 3 is 2.92 bits per heavy atom. The van der Waals surface area contributed by atoms with E-state index in [-0.39, 0.29) is 11.9 Å². The number of hydrogen-bond acceptors (Lipinski definition) is 3. The van der Waals surface area contributed by atoms with Gasteiger partial charge in [-0.1, -0.05) is 30.7 Å². The van der Waals surface area contributed by atoms with E-state index in [0.717, 1.165) is 49.7 Å². The Balaban J connectivity index is 1.45. The van der Waals surface area contributed by atoms with Gasteiger partial charge in [-0.3, -0.25) is 9.69 Å². The normalized spacial score (nSPS) is 18.0. The molecule has 140 valence electrons. The minimum Gasteiger partial charge on any atom is -0.352 e. The van der Waals surface area contributed by atoms with Gasteiger partial charge in [0.2, 0.25) is 5.91 Å². The fraction of sp³-hybridized carbons (Fsp3) is 0.500. The Morgan fingerprint density at radius 2 is 2.15 bits per heavy atom. The molecule has 1 atom stereocenters. The van der Waals surface area contributed by atoms with E-state index >= 15 is 0 Å². The van der Waals surface area contributed by atoms with E-state index in [0.29, 0.717) is 13.0 Å². The lowest BCUT2D eigenvalue weighted by atomic mass is 10.0. The molecule has 1 aromatic heterocycles. The predicted molar refractivity (Wildman–Crippen MR) is 104 cm³/mol. The molecule has 1 N–H and O–H groups in total. The monoisotopic (exact) mass is 374 g/mol. The number of benzene rings is 1. The summed E-state index contributed by atoms with van der Waals surface area (Å²) in [6.07, 6.45) is 7.29. The van der Waals surface area contributed by atoms with Crippen molar-refractivity contribution >= 4 is 17.5 Å². The number of imidazole rings is 1. The number of piperidine rings is 1. The summed E-state index contributed by atoms with van der Waals surface area (Å²) >= 11 is 5.95. The van der Waals surface area contributed by atoms with Gasteiger partial charge in [-0.15, -0.1) is 0 Å². The van der Waals surface area contributed by atoms with Crippen LogP contribution >= 0.6 is 11.6 Å². The van der Waals surface area contributed by atoms with E-state index in [1.165, 1.54) is 5.56 Å². The van der Waals surface area contributed by atoms with Crippen molar-refractivity contribution in [3.8, 4) is 0 Å². The van der Waals surface area contributed by atoms with Gasteiger partial charge < -0.3 is 9.88 Å². The van der Waals surface area contributed by atoms with Crippen molar-refractivity contribution < 1.29 is 4.79 Å². The third kappa shape index (κ3) is 5.32. The van der Waals surface area contributed by atoms with Gasteiger partial charge in [0.1, 0.15) is 5.82 Å². The molecule has 3 rings (SSSR count). The van der Waals surface area contributed by atoms with Crippen LogP contribution in [0.3, 0.4) is 0 Å². The minimum absolute atomic E-state index is 0.124. The highest BCUT2D eigenvalue weighted by molar-refractivity contribution is 6.30. The van der Waals surface area contributed by atoms with Gasteiger partial charge in [0, 0.05) is 55.9 Å². The average Bonchev–Trinajstić information content (AvgIpc) is 3.10. The summed E-state index contributed by atoms with van der Waals surface area (Å²) in [5, 5.41) is 3.97. The zero-order valence-corrected chi connectivity index (χ0v) is 16.1. The Labute approximate surface area is 160 Å². The Hall–Kier alpha value is -1.85. The molecule has 1 saturated heterocycles. The summed E-state index contributed by atoms with van der Waals surface area (Å²) in [5.41, 5.74) is 1.26. The molecule has 2 aromatic rings. The van der Waals surface area contributed by atoms with Crippen LogP contribution in [0.4, 0.5) is 0 Å². The summed E-state index contributed by atoms with van der Waals surface area (Å²) < 4.78 is 2.06. The molecule has 0 saturated carbocycles. The number of carbonyl (C=O) groups is 1. The lowest BCUT2D eigenvalue weighted by molar-refractivity contribution is -0.122. The third-order valence-corrected chi connectivity index (χ3v) is 5.14. The van der Waals surface area contributed by atoms with Crippen molar-refractivity contribution in [2.75, 3.05) is 13.1 Å². The Morgan fingerprint density at radius 1 is 1.35 bits per heavy atom. The number of rotatable bonds is 7. The zero-order chi connectivity index (χ0) is 18.4. The van der Waals surface area contributed by atoms with Crippen molar-refractivity contribution in [3.05, 3.63) is 53.1 Å². The van der Waals surface area contributed by atoms with Crippen LogP contribution in [-0.2, 0) is 24.3 Å². The van der Waals surface area contributed by atoms with Crippen LogP contribution in [-0.4, -0.2) is 39.5 Å². The number of amides is 1. The van der Waals surface area contributed by atoms with Crippen LogP contribution in [0.2, 0.25) is 5.02 Å². The molecule has 26 heavy (non-hydrogen) atoms. The van der Waals surface area contributed by atoms with Crippen LogP contribution < -0.4 is 5.32 Å². The van der Waals surface area contributed by atoms with Gasteiger partial charge in [0.05, 0.1) is 0 Å². The molecule has 1 amide bonds. The van der Waals surface area contributed by atoms with Crippen LogP contribution in [0.25, 0.3) is 0 Å². The zero-order valence-electron chi connectivity index (χ0n) is 15.3. The summed E-state index contributed by atoms with van der Waals surface area (Å²) in [5.74, 6) is 1.16. The second-order valence-corrected chi connectivity index (χ2v) is 7.35. The maximum Gasteiger partial charge on any atom is 0.222 e. The molecule has 0 radical (unpaired) electrons. The Bertz CT molecular complexity index is 713. The summed E-state index contributed by atoms with van der Waals surface area (Å²) in [7, 11) is 0. The van der Waals surface area contributed by atoms with E-state index in [1.54, 1.807) is 6.20 Å². The fourth-order valence-corrected chi connectivity index (χ4v) is 3.67. The number of likely N-dealkylation sites (tertiary alicyclic amines) is 1. The van der Waals surface area contributed by atoms with Crippen LogP contribution in [0.1, 0.15) is 37.6 Å².